The van der Waals surface area contributed by atoms with Crippen LogP contribution < -0.4 is 16.4 Å². The molecule has 4 N–H and O–H groups in total. The van der Waals surface area contributed by atoms with Gasteiger partial charge in [0.2, 0.25) is 5.91 Å². The number of nitrogens with one attached hydrogen (secondary N) is 2. The van der Waals surface area contributed by atoms with Crippen LogP contribution in [-0.4, -0.2) is 47.8 Å². The van der Waals surface area contributed by atoms with E-state index in [2.05, 4.69) is 10.6 Å². The summed E-state index contributed by atoms with van der Waals surface area (Å²) >= 11 is 0. The van der Waals surface area contributed by atoms with Gasteiger partial charge in [0.25, 0.3) is 11.8 Å². The van der Waals surface area contributed by atoms with E-state index in [1.54, 1.807) is 30.0 Å². The zero-order valence-electron chi connectivity index (χ0n) is 24.7. The monoisotopic (exact) mass is 596 g/mol. The van der Waals surface area contributed by atoms with Crippen molar-refractivity contribution in [2.45, 2.75) is 58.5 Å². The highest BCUT2D eigenvalue weighted by Gasteiger charge is 2.26. The van der Waals surface area contributed by atoms with Gasteiger partial charge in [0, 0.05) is 54.0 Å². The number of halogens is 3. The standard InChI is InChI=1S/C33H39F3N4O3/c1-4-13-40(14-5-2)33(43)24-8-6-7-23(19-24)32(42)39-30(18-22-16-26(35)20-27(36)17-22)29(37)15-21(3)31(41)38-28-11-9-25(34)10-12-28/h6-12,16-17,19-21,29-30H,4-5,13-15,18,37H2,1-3H3,(H,38,41)(H,39,42)/t21-,29+,30+/m1/s1. The van der Waals surface area contributed by atoms with Crippen molar-refractivity contribution in [3.05, 3.63) is 101 Å². The third kappa shape index (κ3) is 9.95. The Labute approximate surface area is 250 Å². The first-order chi connectivity index (χ1) is 20.5. The van der Waals surface area contributed by atoms with Gasteiger partial charge in [0.05, 0.1) is 0 Å². The highest BCUT2D eigenvalue weighted by molar-refractivity contribution is 5.99. The van der Waals surface area contributed by atoms with Crippen molar-refractivity contribution in [1.82, 2.24) is 10.2 Å². The zero-order valence-corrected chi connectivity index (χ0v) is 24.7. The molecule has 0 aromatic heterocycles. The molecule has 0 heterocycles. The smallest absolute Gasteiger partial charge is 0.253 e. The Hall–Kier alpha value is -4.18. The van der Waals surface area contributed by atoms with Crippen molar-refractivity contribution >= 4 is 23.4 Å². The fraction of sp³-hybridized carbons (Fsp3) is 0.364. The summed E-state index contributed by atoms with van der Waals surface area (Å²) in [5, 5.41) is 5.56. The van der Waals surface area contributed by atoms with Gasteiger partial charge in [-0.15, -0.1) is 0 Å². The number of rotatable bonds is 14. The number of nitrogens with two attached hydrogens (primary N) is 1. The molecule has 0 aliphatic heterocycles. The first kappa shape index (κ1) is 33.3. The Bertz CT molecular complexity index is 1370. The van der Waals surface area contributed by atoms with Crippen LogP contribution in [0.25, 0.3) is 0 Å². The quantitative estimate of drug-likeness (QED) is 0.222. The molecule has 43 heavy (non-hydrogen) atoms. The van der Waals surface area contributed by atoms with Gasteiger partial charge in [0.1, 0.15) is 17.5 Å². The molecule has 3 aromatic carbocycles. The lowest BCUT2D eigenvalue weighted by Gasteiger charge is -2.27. The van der Waals surface area contributed by atoms with Crippen LogP contribution in [0.5, 0.6) is 0 Å². The van der Waals surface area contributed by atoms with E-state index in [4.69, 9.17) is 5.73 Å². The predicted octanol–water partition coefficient (Wildman–Crippen LogP) is 5.70. The molecule has 0 bridgehead atoms. The Balaban J connectivity index is 1.80. The molecule has 3 aromatic rings. The molecule has 3 rings (SSSR count). The molecule has 0 radical (unpaired) electrons. The van der Waals surface area contributed by atoms with E-state index in [1.807, 2.05) is 13.8 Å². The van der Waals surface area contributed by atoms with E-state index in [0.29, 0.717) is 24.3 Å². The minimum absolute atomic E-state index is 0.00666. The molecule has 0 saturated heterocycles. The molecule has 3 atom stereocenters. The maximum atomic E-state index is 14.0. The van der Waals surface area contributed by atoms with Crippen molar-refractivity contribution < 1.29 is 27.6 Å². The number of carbonyl (C=O) groups excluding carboxylic acids is 3. The van der Waals surface area contributed by atoms with Crippen LogP contribution in [0.3, 0.4) is 0 Å². The van der Waals surface area contributed by atoms with E-state index in [0.717, 1.165) is 31.0 Å². The maximum Gasteiger partial charge on any atom is 0.253 e. The number of carbonyl (C=O) groups is 3. The number of hydrogen-bond acceptors (Lipinski definition) is 4. The van der Waals surface area contributed by atoms with Gasteiger partial charge < -0.3 is 21.3 Å². The second-order valence-electron chi connectivity index (χ2n) is 10.7. The fourth-order valence-corrected chi connectivity index (χ4v) is 4.85. The Morgan fingerprint density at radius 3 is 2.05 bits per heavy atom. The molecule has 0 fully saturated rings. The number of hydrogen-bond donors (Lipinski definition) is 3. The van der Waals surface area contributed by atoms with E-state index >= 15 is 0 Å². The van der Waals surface area contributed by atoms with Crippen LogP contribution in [0.2, 0.25) is 0 Å². The van der Waals surface area contributed by atoms with Crippen molar-refractivity contribution in [3.8, 4) is 0 Å². The van der Waals surface area contributed by atoms with Gasteiger partial charge >= 0.3 is 0 Å². The predicted molar refractivity (Wildman–Crippen MR) is 161 cm³/mol. The van der Waals surface area contributed by atoms with Crippen LogP contribution >= 0.6 is 0 Å². The fourth-order valence-electron chi connectivity index (χ4n) is 4.85. The minimum Gasteiger partial charge on any atom is -0.347 e. The molecule has 3 amide bonds. The van der Waals surface area contributed by atoms with Gasteiger partial charge in [-0.3, -0.25) is 14.4 Å². The molecule has 7 nitrogen and oxygen atoms in total. The average Bonchev–Trinajstić information content (AvgIpc) is 2.97. The molecule has 0 saturated carbocycles. The summed E-state index contributed by atoms with van der Waals surface area (Å²) in [5.41, 5.74) is 7.80. The third-order valence-corrected chi connectivity index (χ3v) is 7.04. The lowest BCUT2D eigenvalue weighted by molar-refractivity contribution is -0.119. The summed E-state index contributed by atoms with van der Waals surface area (Å²) in [6.07, 6.45) is 1.71. The third-order valence-electron chi connectivity index (χ3n) is 7.04. The maximum absolute atomic E-state index is 14.0. The van der Waals surface area contributed by atoms with Gasteiger partial charge in [-0.05, 0) is 85.8 Å². The van der Waals surface area contributed by atoms with E-state index < -0.39 is 41.4 Å². The lowest BCUT2D eigenvalue weighted by atomic mass is 9.91. The largest absolute Gasteiger partial charge is 0.347 e. The van der Waals surface area contributed by atoms with Crippen LogP contribution in [0, 0.1) is 23.4 Å². The van der Waals surface area contributed by atoms with Crippen molar-refractivity contribution in [1.29, 1.82) is 0 Å². The van der Waals surface area contributed by atoms with Crippen LogP contribution in [0.15, 0.2) is 66.7 Å². The Morgan fingerprint density at radius 2 is 1.44 bits per heavy atom. The molecule has 0 unspecified atom stereocenters. The molecule has 10 heteroatoms. The molecule has 0 aliphatic carbocycles. The Kier molecular flexibility index (Phi) is 12.3. The SMILES string of the molecule is CCCN(CCC)C(=O)c1cccc(C(=O)N[C@@H](Cc2cc(F)cc(F)c2)[C@@H](N)C[C@@H](C)C(=O)Nc2ccc(F)cc2)c1. The van der Waals surface area contributed by atoms with Gasteiger partial charge in [-0.2, -0.15) is 0 Å². The summed E-state index contributed by atoms with van der Waals surface area (Å²) in [4.78, 5) is 41.1. The van der Waals surface area contributed by atoms with Crippen LogP contribution in [0.1, 0.15) is 66.3 Å². The topological polar surface area (TPSA) is 105 Å². The molecular formula is C33H39F3N4O3. The molecule has 0 spiro atoms. The summed E-state index contributed by atoms with van der Waals surface area (Å²) in [7, 11) is 0. The van der Waals surface area contributed by atoms with Crippen LogP contribution in [0.4, 0.5) is 18.9 Å². The molecule has 230 valence electrons. The van der Waals surface area contributed by atoms with E-state index in [9.17, 15) is 27.6 Å². The zero-order chi connectivity index (χ0) is 31.5. The highest BCUT2D eigenvalue weighted by Crippen LogP contribution is 2.18. The van der Waals surface area contributed by atoms with Gasteiger partial charge in [-0.1, -0.05) is 26.8 Å². The summed E-state index contributed by atoms with van der Waals surface area (Å²) in [6.45, 7) is 6.82. The highest BCUT2D eigenvalue weighted by atomic mass is 19.1. The van der Waals surface area contributed by atoms with Crippen molar-refractivity contribution in [2.75, 3.05) is 18.4 Å². The second kappa shape index (κ2) is 15.9. The van der Waals surface area contributed by atoms with Crippen LogP contribution in [-0.2, 0) is 11.2 Å². The first-order valence-electron chi connectivity index (χ1n) is 14.5. The normalized spacial score (nSPS) is 13.1. The number of benzene rings is 3. The van der Waals surface area contributed by atoms with Gasteiger partial charge in [-0.25, -0.2) is 13.2 Å². The lowest BCUT2D eigenvalue weighted by Crippen LogP contribution is -2.50. The van der Waals surface area contributed by atoms with E-state index in [1.165, 1.54) is 30.3 Å². The average molecular weight is 597 g/mol. The molecule has 0 aliphatic rings. The summed E-state index contributed by atoms with van der Waals surface area (Å²) in [5.74, 6) is -3.65. The summed E-state index contributed by atoms with van der Waals surface area (Å²) < 4.78 is 41.2. The first-order valence-corrected chi connectivity index (χ1v) is 14.5. The number of amides is 3. The minimum atomic E-state index is -0.814. The van der Waals surface area contributed by atoms with E-state index in [-0.39, 0.29) is 35.8 Å². The second-order valence-corrected chi connectivity index (χ2v) is 10.7. The summed E-state index contributed by atoms with van der Waals surface area (Å²) in [6, 6.07) is 13.1. The van der Waals surface area contributed by atoms with Crippen molar-refractivity contribution in [3.63, 3.8) is 0 Å². The molecular weight excluding hydrogens is 557 g/mol. The Morgan fingerprint density at radius 1 is 0.837 bits per heavy atom. The number of anilines is 1. The number of nitrogens with zero attached hydrogens (tertiary/aromatic N) is 1. The van der Waals surface area contributed by atoms with Crippen molar-refractivity contribution in [2.24, 2.45) is 11.7 Å². The van der Waals surface area contributed by atoms with Gasteiger partial charge in [0.15, 0.2) is 0 Å².